The standard InChI is InChI=1S/C28H41N3O5/c1-27(2,3)36-26(34)29-16-22(15-20-9-5-4-6-10-20)25(33)31-18-28(19-31)13-7-12-23(28)30-24(32)21-11-8-14-35-17-21/h4-6,9-10,21-23H,7-8,11-19H2,1-3H3,(H,29,34)(H,30,32)/t21?,22-,23?/m0/s1. The number of hydrogen-bond donors (Lipinski definition) is 2. The van der Waals surface area contributed by atoms with Gasteiger partial charge in [0.1, 0.15) is 5.60 Å². The highest BCUT2D eigenvalue weighted by molar-refractivity contribution is 5.82. The second-order valence-corrected chi connectivity index (χ2v) is 11.7. The number of hydrogen-bond acceptors (Lipinski definition) is 5. The van der Waals surface area contributed by atoms with E-state index in [9.17, 15) is 14.4 Å². The number of carbonyl (C=O) groups excluding carboxylic acids is 3. The number of amides is 3. The molecule has 3 atom stereocenters. The van der Waals surface area contributed by atoms with Crippen molar-refractivity contribution in [3.63, 3.8) is 0 Å². The van der Waals surface area contributed by atoms with Crippen molar-refractivity contribution in [1.29, 1.82) is 0 Å². The summed E-state index contributed by atoms with van der Waals surface area (Å²) in [5.41, 5.74) is 0.410. The third-order valence-electron chi connectivity index (χ3n) is 7.64. The van der Waals surface area contributed by atoms with Crippen LogP contribution in [0.3, 0.4) is 0 Å². The summed E-state index contributed by atoms with van der Waals surface area (Å²) in [7, 11) is 0. The fourth-order valence-electron chi connectivity index (χ4n) is 5.77. The Kier molecular flexibility index (Phi) is 8.23. The van der Waals surface area contributed by atoms with Crippen molar-refractivity contribution >= 4 is 17.9 Å². The van der Waals surface area contributed by atoms with Crippen molar-refractivity contribution in [2.24, 2.45) is 17.3 Å². The van der Waals surface area contributed by atoms with Gasteiger partial charge >= 0.3 is 6.09 Å². The summed E-state index contributed by atoms with van der Waals surface area (Å²) in [5.74, 6) is -0.318. The predicted molar refractivity (Wildman–Crippen MR) is 136 cm³/mol. The second-order valence-electron chi connectivity index (χ2n) is 11.7. The Morgan fingerprint density at radius 3 is 2.56 bits per heavy atom. The van der Waals surface area contributed by atoms with E-state index in [1.54, 1.807) is 0 Å². The number of nitrogens with one attached hydrogen (secondary N) is 2. The smallest absolute Gasteiger partial charge is 0.407 e. The highest BCUT2D eigenvalue weighted by Gasteiger charge is 2.54. The summed E-state index contributed by atoms with van der Waals surface area (Å²) in [5, 5.41) is 6.10. The van der Waals surface area contributed by atoms with Gasteiger partial charge in [-0.25, -0.2) is 4.79 Å². The van der Waals surface area contributed by atoms with E-state index in [2.05, 4.69) is 10.6 Å². The molecule has 3 fully saturated rings. The van der Waals surface area contributed by atoms with Crippen LogP contribution < -0.4 is 10.6 Å². The first-order chi connectivity index (χ1) is 17.2. The molecule has 3 aliphatic rings. The van der Waals surface area contributed by atoms with E-state index in [1.165, 1.54) is 0 Å². The molecule has 198 valence electrons. The number of alkyl carbamates (subject to hydrolysis) is 1. The van der Waals surface area contributed by atoms with Gasteiger partial charge in [-0.05, 0) is 58.4 Å². The van der Waals surface area contributed by atoms with Gasteiger partial charge in [0.25, 0.3) is 0 Å². The van der Waals surface area contributed by atoms with E-state index < -0.39 is 11.7 Å². The molecule has 36 heavy (non-hydrogen) atoms. The molecule has 2 unspecified atom stereocenters. The van der Waals surface area contributed by atoms with Gasteiger partial charge in [0.15, 0.2) is 0 Å². The van der Waals surface area contributed by atoms with E-state index in [4.69, 9.17) is 9.47 Å². The molecule has 0 aromatic heterocycles. The van der Waals surface area contributed by atoms with Crippen molar-refractivity contribution < 1.29 is 23.9 Å². The first-order valence-electron chi connectivity index (χ1n) is 13.3. The Bertz CT molecular complexity index is 917. The molecule has 0 radical (unpaired) electrons. The number of likely N-dealkylation sites (tertiary alicyclic amines) is 1. The minimum Gasteiger partial charge on any atom is -0.444 e. The molecule has 1 aromatic carbocycles. The molecule has 8 heteroatoms. The molecule has 0 bridgehead atoms. The van der Waals surface area contributed by atoms with Crippen LogP contribution in [-0.4, -0.2) is 67.3 Å². The number of rotatable bonds is 7. The SMILES string of the molecule is CC(C)(C)OC(=O)NC[C@H](Cc1ccccc1)C(=O)N1CC2(CCCC2NC(=O)C2CCCOC2)C1. The molecule has 3 amide bonds. The van der Waals surface area contributed by atoms with Crippen LogP contribution in [0.1, 0.15) is 58.4 Å². The molecular weight excluding hydrogens is 458 g/mol. The van der Waals surface area contributed by atoms with E-state index in [1.807, 2.05) is 56.0 Å². The van der Waals surface area contributed by atoms with E-state index >= 15 is 0 Å². The van der Waals surface area contributed by atoms with E-state index in [0.717, 1.165) is 44.3 Å². The Balaban J connectivity index is 1.36. The quantitative estimate of drug-likeness (QED) is 0.600. The molecule has 1 aliphatic carbocycles. The Morgan fingerprint density at radius 1 is 1.14 bits per heavy atom. The van der Waals surface area contributed by atoms with Gasteiger partial charge in [0.05, 0.1) is 18.4 Å². The first-order valence-corrected chi connectivity index (χ1v) is 13.3. The maximum Gasteiger partial charge on any atom is 0.407 e. The van der Waals surface area contributed by atoms with Gasteiger partial charge in [0, 0.05) is 37.7 Å². The monoisotopic (exact) mass is 499 g/mol. The minimum atomic E-state index is -0.599. The zero-order valence-corrected chi connectivity index (χ0v) is 21.9. The third-order valence-corrected chi connectivity index (χ3v) is 7.64. The van der Waals surface area contributed by atoms with Crippen LogP contribution in [0.15, 0.2) is 30.3 Å². The molecule has 1 aromatic rings. The summed E-state index contributed by atoms with van der Waals surface area (Å²) in [4.78, 5) is 40.6. The maximum absolute atomic E-state index is 13.6. The molecule has 4 rings (SSSR count). The summed E-state index contributed by atoms with van der Waals surface area (Å²) >= 11 is 0. The zero-order chi connectivity index (χ0) is 25.8. The highest BCUT2D eigenvalue weighted by Crippen LogP contribution is 2.46. The van der Waals surface area contributed by atoms with Crippen molar-refractivity contribution in [3.8, 4) is 0 Å². The molecule has 8 nitrogen and oxygen atoms in total. The minimum absolute atomic E-state index is 0.0400. The van der Waals surface area contributed by atoms with Crippen molar-refractivity contribution in [3.05, 3.63) is 35.9 Å². The van der Waals surface area contributed by atoms with Crippen LogP contribution in [0.5, 0.6) is 0 Å². The largest absolute Gasteiger partial charge is 0.444 e. The van der Waals surface area contributed by atoms with Gasteiger partial charge in [0.2, 0.25) is 11.8 Å². The molecule has 2 saturated heterocycles. The lowest BCUT2D eigenvalue weighted by Crippen LogP contribution is -2.66. The molecule has 2 N–H and O–H groups in total. The second kappa shape index (κ2) is 11.2. The molecule has 2 aliphatic heterocycles. The lowest BCUT2D eigenvalue weighted by atomic mass is 9.74. The number of benzene rings is 1. The lowest BCUT2D eigenvalue weighted by Gasteiger charge is -2.52. The molecule has 1 spiro atoms. The van der Waals surface area contributed by atoms with Crippen LogP contribution >= 0.6 is 0 Å². The highest BCUT2D eigenvalue weighted by atomic mass is 16.6. The maximum atomic E-state index is 13.6. The fourth-order valence-corrected chi connectivity index (χ4v) is 5.77. The van der Waals surface area contributed by atoms with Gasteiger partial charge in [-0.1, -0.05) is 36.8 Å². The average molecular weight is 500 g/mol. The van der Waals surface area contributed by atoms with Crippen LogP contribution in [0.25, 0.3) is 0 Å². The van der Waals surface area contributed by atoms with Crippen LogP contribution in [0, 0.1) is 17.3 Å². The lowest BCUT2D eigenvalue weighted by molar-refractivity contribution is -0.149. The van der Waals surface area contributed by atoms with Crippen LogP contribution in [0.4, 0.5) is 4.79 Å². The van der Waals surface area contributed by atoms with Gasteiger partial charge in [-0.2, -0.15) is 0 Å². The van der Waals surface area contributed by atoms with E-state index in [0.29, 0.717) is 26.1 Å². The van der Waals surface area contributed by atoms with Crippen LogP contribution in [-0.2, 0) is 25.5 Å². The number of ether oxygens (including phenoxy) is 2. The molecular formula is C28H41N3O5. The Hall–Kier alpha value is -2.61. The zero-order valence-electron chi connectivity index (χ0n) is 21.9. The van der Waals surface area contributed by atoms with Gasteiger partial charge < -0.3 is 25.0 Å². The Morgan fingerprint density at radius 2 is 1.89 bits per heavy atom. The normalized spacial score (nSPS) is 24.0. The summed E-state index contributed by atoms with van der Waals surface area (Å²) in [6.07, 6.45) is 4.86. The third kappa shape index (κ3) is 6.58. The summed E-state index contributed by atoms with van der Waals surface area (Å²) in [6, 6.07) is 9.97. The Labute approximate surface area is 214 Å². The number of nitrogens with zero attached hydrogens (tertiary/aromatic N) is 1. The average Bonchev–Trinajstić information content (AvgIpc) is 3.24. The van der Waals surface area contributed by atoms with Crippen molar-refractivity contribution in [1.82, 2.24) is 15.5 Å². The fraction of sp³-hybridized carbons (Fsp3) is 0.679. The first kappa shape index (κ1) is 26.5. The number of carbonyl (C=O) groups is 3. The molecule has 2 heterocycles. The van der Waals surface area contributed by atoms with Crippen molar-refractivity contribution in [2.45, 2.75) is 70.9 Å². The van der Waals surface area contributed by atoms with Gasteiger partial charge in [-0.3, -0.25) is 9.59 Å². The summed E-state index contributed by atoms with van der Waals surface area (Å²) < 4.78 is 10.9. The van der Waals surface area contributed by atoms with Gasteiger partial charge in [-0.15, -0.1) is 0 Å². The predicted octanol–water partition coefficient (Wildman–Crippen LogP) is 3.29. The van der Waals surface area contributed by atoms with Crippen LogP contribution in [0.2, 0.25) is 0 Å². The van der Waals surface area contributed by atoms with Crippen molar-refractivity contribution in [2.75, 3.05) is 32.8 Å². The topological polar surface area (TPSA) is 97.0 Å². The van der Waals surface area contributed by atoms with E-state index in [-0.39, 0.29) is 41.7 Å². The summed E-state index contributed by atoms with van der Waals surface area (Å²) in [6.45, 7) is 8.20. The molecule has 1 saturated carbocycles.